The van der Waals surface area contributed by atoms with E-state index in [2.05, 4.69) is 4.90 Å². The minimum absolute atomic E-state index is 0.0232. The monoisotopic (exact) mass is 267 g/mol. The Kier molecular flexibility index (Phi) is 4.17. The molecule has 0 saturated carbocycles. The van der Waals surface area contributed by atoms with Crippen LogP contribution in [0.15, 0.2) is 18.2 Å². The molecule has 1 N–H and O–H groups in total. The van der Waals surface area contributed by atoms with Gasteiger partial charge >= 0.3 is 5.97 Å². The normalized spacial score (nSPS) is 24.4. The van der Waals surface area contributed by atoms with E-state index < -0.39 is 11.8 Å². The van der Waals surface area contributed by atoms with Crippen molar-refractivity contribution in [3.63, 3.8) is 0 Å². The maximum Gasteiger partial charge on any atom is 0.335 e. The largest absolute Gasteiger partial charge is 0.478 e. The highest BCUT2D eigenvalue weighted by Gasteiger charge is 2.23. The average molecular weight is 267 g/mol. The molecule has 1 aromatic carbocycles. The van der Waals surface area contributed by atoms with Crippen molar-refractivity contribution in [2.24, 2.45) is 0 Å². The SMILES string of the molecule is C[C@@H]1CN(Cc2ccc(C(=O)O)cc2F)C[C@H](C)O1. The number of hydrogen-bond donors (Lipinski definition) is 1. The third-order valence-electron chi connectivity index (χ3n) is 3.19. The summed E-state index contributed by atoms with van der Waals surface area (Å²) in [5, 5.41) is 8.80. The number of carboxylic acids is 1. The molecule has 1 heterocycles. The highest BCUT2D eigenvalue weighted by Crippen LogP contribution is 2.17. The second-order valence-electron chi connectivity index (χ2n) is 5.06. The zero-order chi connectivity index (χ0) is 14.0. The maximum absolute atomic E-state index is 13.8. The Balaban J connectivity index is 2.08. The summed E-state index contributed by atoms with van der Waals surface area (Å²) in [7, 11) is 0. The number of morpholine rings is 1. The molecule has 0 spiro atoms. The van der Waals surface area contributed by atoms with Crippen LogP contribution in [0.5, 0.6) is 0 Å². The van der Waals surface area contributed by atoms with Crippen molar-refractivity contribution in [2.75, 3.05) is 13.1 Å². The van der Waals surface area contributed by atoms with Crippen molar-refractivity contribution in [1.29, 1.82) is 0 Å². The molecule has 2 rings (SSSR count). The lowest BCUT2D eigenvalue weighted by Gasteiger charge is -2.35. The van der Waals surface area contributed by atoms with Crippen molar-refractivity contribution >= 4 is 5.97 Å². The number of nitrogens with zero attached hydrogens (tertiary/aromatic N) is 1. The quantitative estimate of drug-likeness (QED) is 0.911. The van der Waals surface area contributed by atoms with E-state index in [1.165, 1.54) is 6.07 Å². The molecule has 19 heavy (non-hydrogen) atoms. The Bertz CT molecular complexity index is 468. The first-order valence-corrected chi connectivity index (χ1v) is 6.35. The molecule has 1 saturated heterocycles. The van der Waals surface area contributed by atoms with E-state index >= 15 is 0 Å². The standard InChI is InChI=1S/C14H18FNO3/c1-9-6-16(7-10(2)19-9)8-12-4-3-11(14(17)18)5-13(12)15/h3-5,9-10H,6-8H2,1-2H3,(H,17,18)/t9-,10+. The number of hydrogen-bond acceptors (Lipinski definition) is 3. The van der Waals surface area contributed by atoms with Gasteiger partial charge in [-0.1, -0.05) is 6.07 Å². The summed E-state index contributed by atoms with van der Waals surface area (Å²) in [6.45, 7) is 5.97. The number of ether oxygens (including phenoxy) is 1. The molecule has 4 nitrogen and oxygen atoms in total. The molecule has 0 bridgehead atoms. The van der Waals surface area contributed by atoms with E-state index in [1.54, 1.807) is 6.07 Å². The van der Waals surface area contributed by atoms with Crippen LogP contribution in [0.25, 0.3) is 0 Å². The van der Waals surface area contributed by atoms with Crippen molar-refractivity contribution < 1.29 is 19.0 Å². The zero-order valence-corrected chi connectivity index (χ0v) is 11.1. The van der Waals surface area contributed by atoms with Crippen molar-refractivity contribution in [1.82, 2.24) is 4.90 Å². The van der Waals surface area contributed by atoms with Crippen LogP contribution >= 0.6 is 0 Å². The van der Waals surface area contributed by atoms with Gasteiger partial charge in [-0.25, -0.2) is 9.18 Å². The Morgan fingerprint density at radius 1 is 1.42 bits per heavy atom. The van der Waals surface area contributed by atoms with Crippen molar-refractivity contribution in [3.8, 4) is 0 Å². The first-order chi connectivity index (χ1) is 8.95. The Morgan fingerprint density at radius 2 is 2.05 bits per heavy atom. The highest BCUT2D eigenvalue weighted by molar-refractivity contribution is 5.87. The summed E-state index contributed by atoms with van der Waals surface area (Å²) < 4.78 is 19.5. The lowest BCUT2D eigenvalue weighted by Crippen LogP contribution is -2.44. The number of carbonyl (C=O) groups is 1. The second kappa shape index (κ2) is 5.67. The first kappa shape index (κ1) is 14.0. The molecule has 1 aliphatic heterocycles. The fraction of sp³-hybridized carbons (Fsp3) is 0.500. The highest BCUT2D eigenvalue weighted by atomic mass is 19.1. The van der Waals surface area contributed by atoms with E-state index in [4.69, 9.17) is 9.84 Å². The summed E-state index contributed by atoms with van der Waals surface area (Å²) in [5.41, 5.74) is 0.497. The van der Waals surface area contributed by atoms with E-state index in [0.717, 1.165) is 19.2 Å². The number of halogens is 1. The third kappa shape index (κ3) is 3.52. The van der Waals surface area contributed by atoms with E-state index in [1.807, 2.05) is 13.8 Å². The predicted octanol–water partition coefficient (Wildman–Crippen LogP) is 2.13. The third-order valence-corrected chi connectivity index (χ3v) is 3.19. The van der Waals surface area contributed by atoms with Gasteiger partial charge in [-0.3, -0.25) is 4.90 Å². The minimum Gasteiger partial charge on any atom is -0.478 e. The summed E-state index contributed by atoms with van der Waals surface area (Å²) in [6.07, 6.45) is 0.259. The molecule has 1 fully saturated rings. The minimum atomic E-state index is -1.11. The Labute approximate surface area is 111 Å². The van der Waals surface area contributed by atoms with Crippen molar-refractivity contribution in [2.45, 2.75) is 32.6 Å². The fourth-order valence-electron chi connectivity index (χ4n) is 2.46. The lowest BCUT2D eigenvalue weighted by molar-refractivity contribution is -0.0707. The molecule has 2 atom stereocenters. The van der Waals surface area contributed by atoms with Crippen LogP contribution in [-0.4, -0.2) is 41.3 Å². The summed E-state index contributed by atoms with van der Waals surface area (Å²) in [5.74, 6) is -1.58. The van der Waals surface area contributed by atoms with Crippen LogP contribution < -0.4 is 0 Å². The van der Waals surface area contributed by atoms with Crippen LogP contribution in [0.4, 0.5) is 4.39 Å². The molecule has 1 aliphatic rings. The molecule has 104 valence electrons. The molecular formula is C14H18FNO3. The second-order valence-corrected chi connectivity index (χ2v) is 5.06. The van der Waals surface area contributed by atoms with Crippen LogP contribution in [-0.2, 0) is 11.3 Å². The van der Waals surface area contributed by atoms with Gasteiger partial charge in [-0.2, -0.15) is 0 Å². The van der Waals surface area contributed by atoms with Gasteiger partial charge in [0.2, 0.25) is 0 Å². The van der Waals surface area contributed by atoms with Gasteiger partial charge in [0, 0.05) is 25.2 Å². The molecule has 1 aromatic rings. The van der Waals surface area contributed by atoms with E-state index in [0.29, 0.717) is 12.1 Å². The van der Waals surface area contributed by atoms with Crippen molar-refractivity contribution in [3.05, 3.63) is 35.1 Å². The van der Waals surface area contributed by atoms with E-state index in [9.17, 15) is 9.18 Å². The van der Waals surface area contributed by atoms with Gasteiger partial charge < -0.3 is 9.84 Å². The summed E-state index contributed by atoms with van der Waals surface area (Å²) >= 11 is 0. The molecular weight excluding hydrogens is 249 g/mol. The molecule has 0 unspecified atom stereocenters. The molecule has 0 radical (unpaired) electrons. The zero-order valence-electron chi connectivity index (χ0n) is 11.1. The Morgan fingerprint density at radius 3 is 2.58 bits per heavy atom. The summed E-state index contributed by atoms with van der Waals surface area (Å²) in [4.78, 5) is 12.9. The van der Waals surface area contributed by atoms with Gasteiger partial charge in [0.05, 0.1) is 17.8 Å². The van der Waals surface area contributed by atoms with Crippen LogP contribution in [0.1, 0.15) is 29.8 Å². The van der Waals surface area contributed by atoms with E-state index in [-0.39, 0.29) is 17.8 Å². The van der Waals surface area contributed by atoms with Gasteiger partial charge in [-0.15, -0.1) is 0 Å². The van der Waals surface area contributed by atoms with Gasteiger partial charge in [0.15, 0.2) is 0 Å². The summed E-state index contributed by atoms with van der Waals surface area (Å²) in [6, 6.07) is 4.06. The number of aromatic carboxylic acids is 1. The smallest absolute Gasteiger partial charge is 0.335 e. The van der Waals surface area contributed by atoms with Crippen LogP contribution in [0.3, 0.4) is 0 Å². The lowest BCUT2D eigenvalue weighted by atomic mass is 10.1. The predicted molar refractivity (Wildman–Crippen MR) is 68.6 cm³/mol. The van der Waals surface area contributed by atoms with Gasteiger partial charge in [0.1, 0.15) is 5.82 Å². The first-order valence-electron chi connectivity index (χ1n) is 6.35. The molecule has 0 aromatic heterocycles. The fourth-order valence-corrected chi connectivity index (χ4v) is 2.46. The number of rotatable bonds is 3. The van der Waals surface area contributed by atoms with Gasteiger partial charge in [-0.05, 0) is 26.0 Å². The number of carboxylic acid groups (broad SMARTS) is 1. The van der Waals surface area contributed by atoms with Crippen LogP contribution in [0.2, 0.25) is 0 Å². The number of benzene rings is 1. The molecule has 5 heteroatoms. The maximum atomic E-state index is 13.8. The average Bonchev–Trinajstić information content (AvgIpc) is 2.30. The van der Waals surface area contributed by atoms with Crippen LogP contribution in [0, 0.1) is 5.82 Å². The topological polar surface area (TPSA) is 49.8 Å². The Hall–Kier alpha value is -1.46. The van der Waals surface area contributed by atoms with Gasteiger partial charge in [0.25, 0.3) is 0 Å². The molecule has 0 aliphatic carbocycles. The molecule has 0 amide bonds.